The predicted octanol–water partition coefficient (Wildman–Crippen LogP) is 1.96. The van der Waals surface area contributed by atoms with Gasteiger partial charge in [-0.25, -0.2) is 0 Å². The van der Waals surface area contributed by atoms with E-state index >= 15 is 0 Å². The Balaban J connectivity index is 2.64. The van der Waals surface area contributed by atoms with Gasteiger partial charge in [-0.1, -0.05) is 13.3 Å². The van der Waals surface area contributed by atoms with E-state index in [1.165, 1.54) is 6.26 Å². The highest BCUT2D eigenvalue weighted by Crippen LogP contribution is 2.10. The lowest BCUT2D eigenvalue weighted by molar-refractivity contribution is -0.137. The number of furan rings is 1. The zero-order valence-corrected chi connectivity index (χ0v) is 10.0. The minimum Gasteiger partial charge on any atom is -0.481 e. The second-order valence-corrected chi connectivity index (χ2v) is 3.99. The molecule has 0 aliphatic heterocycles. The van der Waals surface area contributed by atoms with Crippen LogP contribution in [0.25, 0.3) is 0 Å². The molecular formula is C12H17NO4. The molecule has 0 saturated heterocycles. The Morgan fingerprint density at radius 3 is 2.71 bits per heavy atom. The molecule has 0 bridgehead atoms. The van der Waals surface area contributed by atoms with Gasteiger partial charge in [0.25, 0.3) is 5.91 Å². The van der Waals surface area contributed by atoms with E-state index < -0.39 is 5.97 Å². The summed E-state index contributed by atoms with van der Waals surface area (Å²) in [5.41, 5.74) is 0.744. The van der Waals surface area contributed by atoms with E-state index in [0.29, 0.717) is 6.42 Å². The summed E-state index contributed by atoms with van der Waals surface area (Å²) in [5.74, 6) is -1.02. The van der Waals surface area contributed by atoms with Crippen molar-refractivity contribution in [2.75, 3.05) is 0 Å². The Morgan fingerprint density at radius 2 is 2.24 bits per heavy atom. The van der Waals surface area contributed by atoms with Crippen molar-refractivity contribution in [2.45, 2.75) is 39.2 Å². The largest absolute Gasteiger partial charge is 0.481 e. The van der Waals surface area contributed by atoms with Gasteiger partial charge in [0.1, 0.15) is 0 Å². The molecule has 0 saturated carbocycles. The van der Waals surface area contributed by atoms with Crippen LogP contribution in [0.3, 0.4) is 0 Å². The fourth-order valence-electron chi connectivity index (χ4n) is 1.64. The number of nitrogens with one attached hydrogen (secondary N) is 1. The summed E-state index contributed by atoms with van der Waals surface area (Å²) in [7, 11) is 0. The van der Waals surface area contributed by atoms with Gasteiger partial charge in [-0.3, -0.25) is 9.59 Å². The molecule has 2 N–H and O–H groups in total. The molecule has 0 aromatic carbocycles. The quantitative estimate of drug-likeness (QED) is 0.795. The maximum Gasteiger partial charge on any atom is 0.305 e. The van der Waals surface area contributed by atoms with E-state index in [4.69, 9.17) is 9.52 Å². The van der Waals surface area contributed by atoms with Gasteiger partial charge in [0.05, 0.1) is 12.7 Å². The molecule has 1 atom stereocenters. The standard InChI is InChI=1S/C12H17NO4/c1-3-4-9(7-10(14)15)13-12(16)11-8(2)5-6-17-11/h5-6,9H,3-4,7H2,1-2H3,(H,13,16)(H,14,15). The highest BCUT2D eigenvalue weighted by atomic mass is 16.4. The number of rotatable bonds is 6. The van der Waals surface area contributed by atoms with Crippen LogP contribution in [0, 0.1) is 6.92 Å². The first-order valence-corrected chi connectivity index (χ1v) is 5.61. The Bertz CT molecular complexity index is 397. The van der Waals surface area contributed by atoms with Crippen LogP contribution in [0.1, 0.15) is 42.3 Å². The van der Waals surface area contributed by atoms with Crippen LogP contribution in [-0.4, -0.2) is 23.0 Å². The highest BCUT2D eigenvalue weighted by molar-refractivity contribution is 5.93. The van der Waals surface area contributed by atoms with Gasteiger partial charge in [0.2, 0.25) is 0 Å². The van der Waals surface area contributed by atoms with Gasteiger partial charge < -0.3 is 14.8 Å². The average molecular weight is 239 g/mol. The number of aryl methyl sites for hydroxylation is 1. The first-order chi connectivity index (χ1) is 8.04. The molecule has 5 heteroatoms. The first-order valence-electron chi connectivity index (χ1n) is 5.61. The number of aliphatic carboxylic acids is 1. The minimum atomic E-state index is -0.917. The van der Waals surface area contributed by atoms with Gasteiger partial charge in [0.15, 0.2) is 5.76 Å². The van der Waals surface area contributed by atoms with Crippen molar-refractivity contribution in [3.8, 4) is 0 Å². The molecule has 0 radical (unpaired) electrons. The average Bonchev–Trinajstić information content (AvgIpc) is 2.63. The van der Waals surface area contributed by atoms with Crippen LogP contribution in [0.2, 0.25) is 0 Å². The van der Waals surface area contributed by atoms with Gasteiger partial charge in [-0.15, -0.1) is 0 Å². The fourth-order valence-corrected chi connectivity index (χ4v) is 1.64. The third-order valence-electron chi connectivity index (χ3n) is 2.46. The van der Waals surface area contributed by atoms with Crippen LogP contribution < -0.4 is 5.32 Å². The fraction of sp³-hybridized carbons (Fsp3) is 0.500. The second-order valence-electron chi connectivity index (χ2n) is 3.99. The third kappa shape index (κ3) is 3.94. The molecule has 1 heterocycles. The molecule has 17 heavy (non-hydrogen) atoms. The van der Waals surface area contributed by atoms with Crippen LogP contribution in [0.15, 0.2) is 16.7 Å². The van der Waals surface area contributed by atoms with Crippen LogP contribution >= 0.6 is 0 Å². The molecule has 1 unspecified atom stereocenters. The number of carbonyl (C=O) groups excluding carboxylic acids is 1. The monoisotopic (exact) mass is 239 g/mol. The summed E-state index contributed by atoms with van der Waals surface area (Å²) < 4.78 is 5.05. The van der Waals surface area contributed by atoms with E-state index in [1.807, 2.05) is 6.92 Å². The second kappa shape index (κ2) is 6.08. The van der Waals surface area contributed by atoms with Crippen LogP contribution in [0.5, 0.6) is 0 Å². The summed E-state index contributed by atoms with van der Waals surface area (Å²) in [6.07, 6.45) is 2.82. The summed E-state index contributed by atoms with van der Waals surface area (Å²) in [6, 6.07) is 1.34. The first kappa shape index (κ1) is 13.3. The van der Waals surface area contributed by atoms with Crippen molar-refractivity contribution in [3.05, 3.63) is 23.7 Å². The SMILES string of the molecule is CCCC(CC(=O)O)NC(=O)c1occc1C. The Hall–Kier alpha value is -1.78. The van der Waals surface area contributed by atoms with Crippen LogP contribution in [-0.2, 0) is 4.79 Å². The van der Waals surface area contributed by atoms with E-state index in [2.05, 4.69) is 5.32 Å². The molecule has 1 rings (SSSR count). The number of hydrogen-bond acceptors (Lipinski definition) is 3. The maximum absolute atomic E-state index is 11.8. The van der Waals surface area contributed by atoms with E-state index in [0.717, 1.165) is 12.0 Å². The number of carbonyl (C=O) groups is 2. The lowest BCUT2D eigenvalue weighted by Gasteiger charge is -2.15. The molecule has 0 aliphatic rings. The zero-order chi connectivity index (χ0) is 12.8. The minimum absolute atomic E-state index is 0.0701. The third-order valence-corrected chi connectivity index (χ3v) is 2.46. The molecule has 0 spiro atoms. The molecule has 5 nitrogen and oxygen atoms in total. The zero-order valence-electron chi connectivity index (χ0n) is 10.0. The summed E-state index contributed by atoms with van der Waals surface area (Å²) >= 11 is 0. The highest BCUT2D eigenvalue weighted by Gasteiger charge is 2.19. The van der Waals surface area contributed by atoms with Gasteiger partial charge in [-0.2, -0.15) is 0 Å². The molecule has 1 amide bonds. The Kier molecular flexibility index (Phi) is 4.75. The van der Waals surface area contributed by atoms with Crippen LogP contribution in [0.4, 0.5) is 0 Å². The van der Waals surface area contributed by atoms with Crippen molar-refractivity contribution in [2.24, 2.45) is 0 Å². The van der Waals surface area contributed by atoms with Crippen molar-refractivity contribution < 1.29 is 19.1 Å². The van der Waals surface area contributed by atoms with Gasteiger partial charge in [0, 0.05) is 11.6 Å². The molecule has 0 aliphatic carbocycles. The smallest absolute Gasteiger partial charge is 0.305 e. The lowest BCUT2D eigenvalue weighted by atomic mass is 10.1. The molecule has 94 valence electrons. The predicted molar refractivity (Wildman–Crippen MR) is 61.9 cm³/mol. The number of hydrogen-bond donors (Lipinski definition) is 2. The number of carboxylic acids is 1. The van der Waals surface area contributed by atoms with Crippen molar-refractivity contribution in [1.82, 2.24) is 5.32 Å². The van der Waals surface area contributed by atoms with Crippen molar-refractivity contribution in [3.63, 3.8) is 0 Å². The molecule has 1 aromatic heterocycles. The molecular weight excluding hydrogens is 222 g/mol. The molecule has 1 aromatic rings. The number of carboxylic acid groups (broad SMARTS) is 1. The van der Waals surface area contributed by atoms with E-state index in [9.17, 15) is 9.59 Å². The summed E-state index contributed by atoms with van der Waals surface area (Å²) in [4.78, 5) is 22.4. The van der Waals surface area contributed by atoms with Crippen molar-refractivity contribution in [1.29, 1.82) is 0 Å². The Morgan fingerprint density at radius 1 is 1.53 bits per heavy atom. The number of amides is 1. The Labute approximate surface area is 99.8 Å². The normalized spacial score (nSPS) is 12.1. The maximum atomic E-state index is 11.8. The summed E-state index contributed by atoms with van der Waals surface area (Å²) in [5, 5.41) is 11.4. The van der Waals surface area contributed by atoms with E-state index in [-0.39, 0.29) is 24.1 Å². The molecule has 0 fully saturated rings. The van der Waals surface area contributed by atoms with Crippen molar-refractivity contribution >= 4 is 11.9 Å². The van der Waals surface area contributed by atoms with Gasteiger partial charge in [-0.05, 0) is 19.4 Å². The summed E-state index contributed by atoms with van der Waals surface area (Å²) in [6.45, 7) is 3.71. The topological polar surface area (TPSA) is 79.5 Å². The van der Waals surface area contributed by atoms with Gasteiger partial charge >= 0.3 is 5.97 Å². The van der Waals surface area contributed by atoms with E-state index in [1.54, 1.807) is 13.0 Å². The lowest BCUT2D eigenvalue weighted by Crippen LogP contribution is -2.36.